The normalized spacial score (nSPS) is 25.4. The summed E-state index contributed by atoms with van der Waals surface area (Å²) in [5.41, 5.74) is 0.198. The second-order valence-electron chi connectivity index (χ2n) is 7.84. The van der Waals surface area contributed by atoms with Crippen LogP contribution in [0.3, 0.4) is 0 Å². The molecule has 2 aromatic rings. The summed E-state index contributed by atoms with van der Waals surface area (Å²) in [7, 11) is -2.72. The molecule has 0 aliphatic carbocycles. The largest absolute Gasteiger partial charge is 0.457 e. The maximum absolute atomic E-state index is 13.3. The average Bonchev–Trinajstić information content (AvgIpc) is 3.12. The lowest BCUT2D eigenvalue weighted by Crippen LogP contribution is -2.62. The van der Waals surface area contributed by atoms with Crippen molar-refractivity contribution in [2.24, 2.45) is 0 Å². The monoisotopic (exact) mass is 450 g/mol. The molecule has 0 saturated carbocycles. The second-order valence-corrected chi connectivity index (χ2v) is 9.81. The molecule has 2 atom stereocenters. The molecule has 2 N–H and O–H groups in total. The second kappa shape index (κ2) is 8.19. The summed E-state index contributed by atoms with van der Waals surface area (Å²) in [5.74, 6) is -0.375. The summed E-state index contributed by atoms with van der Waals surface area (Å²) >= 11 is 0. The summed E-state index contributed by atoms with van der Waals surface area (Å²) in [6, 6.07) is 11.2. The molecule has 2 aromatic carbocycles. The Labute approximate surface area is 179 Å². The molecule has 8 nitrogen and oxygen atoms in total. The lowest BCUT2D eigenvalue weighted by molar-refractivity contribution is -0.149. The SMILES string of the molecule is CN(C1(C(=O)NO)CC2CCC(C1)O2)S(=O)(=O)c1ccc(Oc2ccc(F)cc2)cc1. The first-order valence-electron chi connectivity index (χ1n) is 9.87. The van der Waals surface area contributed by atoms with Gasteiger partial charge in [0, 0.05) is 19.9 Å². The van der Waals surface area contributed by atoms with Gasteiger partial charge in [-0.3, -0.25) is 10.0 Å². The maximum atomic E-state index is 13.3. The van der Waals surface area contributed by atoms with E-state index in [1.165, 1.54) is 55.6 Å². The Morgan fingerprint density at radius 3 is 2.13 bits per heavy atom. The van der Waals surface area contributed by atoms with Crippen LogP contribution in [0, 0.1) is 5.82 Å². The van der Waals surface area contributed by atoms with E-state index in [4.69, 9.17) is 9.47 Å². The molecule has 2 saturated heterocycles. The Morgan fingerprint density at radius 1 is 1.10 bits per heavy atom. The van der Waals surface area contributed by atoms with Gasteiger partial charge < -0.3 is 9.47 Å². The topological polar surface area (TPSA) is 105 Å². The lowest BCUT2D eigenvalue weighted by Gasteiger charge is -2.43. The van der Waals surface area contributed by atoms with Gasteiger partial charge in [-0.15, -0.1) is 0 Å². The molecule has 2 fully saturated rings. The first-order valence-corrected chi connectivity index (χ1v) is 11.3. The van der Waals surface area contributed by atoms with Crippen molar-refractivity contribution in [3.63, 3.8) is 0 Å². The van der Waals surface area contributed by atoms with Crippen molar-refractivity contribution in [1.29, 1.82) is 0 Å². The summed E-state index contributed by atoms with van der Waals surface area (Å²) in [4.78, 5) is 12.6. The van der Waals surface area contributed by atoms with Gasteiger partial charge in [0.1, 0.15) is 22.9 Å². The Bertz CT molecular complexity index is 1050. The van der Waals surface area contributed by atoms with Crippen LogP contribution < -0.4 is 10.2 Å². The van der Waals surface area contributed by atoms with Gasteiger partial charge in [0.2, 0.25) is 10.0 Å². The summed E-state index contributed by atoms with van der Waals surface area (Å²) < 4.78 is 52.1. The van der Waals surface area contributed by atoms with Crippen molar-refractivity contribution in [3.05, 3.63) is 54.3 Å². The van der Waals surface area contributed by atoms with E-state index in [-0.39, 0.29) is 35.8 Å². The van der Waals surface area contributed by atoms with Crippen molar-refractivity contribution in [1.82, 2.24) is 9.79 Å². The quantitative estimate of drug-likeness (QED) is 0.518. The van der Waals surface area contributed by atoms with Gasteiger partial charge in [-0.2, -0.15) is 4.31 Å². The number of carbonyl (C=O) groups is 1. The summed E-state index contributed by atoms with van der Waals surface area (Å²) in [6.45, 7) is 0. The first-order chi connectivity index (χ1) is 14.7. The third-order valence-electron chi connectivity index (χ3n) is 5.98. The first kappa shape index (κ1) is 21.7. The fraction of sp³-hybridized carbons (Fsp3) is 0.381. The molecule has 166 valence electrons. The minimum absolute atomic E-state index is 0.0228. The number of nitrogens with one attached hydrogen (secondary N) is 1. The van der Waals surface area contributed by atoms with E-state index in [2.05, 4.69) is 0 Å². The zero-order chi connectivity index (χ0) is 22.2. The highest BCUT2D eigenvalue weighted by Gasteiger charge is 2.55. The Hall–Kier alpha value is -2.53. The molecule has 0 radical (unpaired) electrons. The number of rotatable bonds is 6. The van der Waals surface area contributed by atoms with Crippen LogP contribution in [0.15, 0.2) is 53.4 Å². The van der Waals surface area contributed by atoms with Crippen LogP contribution >= 0.6 is 0 Å². The molecule has 4 rings (SSSR count). The molecular formula is C21H23FN2O6S. The van der Waals surface area contributed by atoms with Crippen LogP contribution in [0.4, 0.5) is 4.39 Å². The van der Waals surface area contributed by atoms with Gasteiger partial charge >= 0.3 is 0 Å². The average molecular weight is 450 g/mol. The minimum atomic E-state index is -4.07. The zero-order valence-electron chi connectivity index (χ0n) is 16.8. The van der Waals surface area contributed by atoms with E-state index in [0.717, 1.165) is 17.1 Å². The van der Waals surface area contributed by atoms with Crippen LogP contribution in [0.5, 0.6) is 11.5 Å². The summed E-state index contributed by atoms with van der Waals surface area (Å²) in [5, 5.41) is 9.32. The fourth-order valence-corrected chi connectivity index (χ4v) is 5.80. The fourth-order valence-electron chi connectivity index (χ4n) is 4.31. The number of sulfonamides is 1. The van der Waals surface area contributed by atoms with Gasteiger partial charge in [-0.05, 0) is 61.4 Å². The zero-order valence-corrected chi connectivity index (χ0v) is 17.6. The Balaban J connectivity index is 1.59. The smallest absolute Gasteiger partial charge is 0.265 e. The molecule has 1 amide bonds. The number of likely N-dealkylation sites (N-methyl/N-ethyl adjacent to an activating group) is 1. The molecule has 2 bridgehead atoms. The number of halogens is 1. The number of nitrogens with zero attached hydrogens (tertiary/aromatic N) is 1. The number of hydroxylamine groups is 1. The molecular weight excluding hydrogens is 427 g/mol. The highest BCUT2D eigenvalue weighted by Crippen LogP contribution is 2.43. The maximum Gasteiger partial charge on any atom is 0.265 e. The molecule has 2 unspecified atom stereocenters. The predicted molar refractivity (Wildman–Crippen MR) is 108 cm³/mol. The van der Waals surface area contributed by atoms with Gasteiger partial charge in [-0.1, -0.05) is 0 Å². The van der Waals surface area contributed by atoms with Crippen molar-refractivity contribution < 1.29 is 32.3 Å². The number of hydrogen-bond donors (Lipinski definition) is 2. The van der Waals surface area contributed by atoms with E-state index in [1.54, 1.807) is 5.48 Å². The summed E-state index contributed by atoms with van der Waals surface area (Å²) in [6.07, 6.45) is 1.35. The van der Waals surface area contributed by atoms with Gasteiger partial charge in [0.25, 0.3) is 5.91 Å². The Morgan fingerprint density at radius 2 is 1.61 bits per heavy atom. The van der Waals surface area contributed by atoms with E-state index in [1.807, 2.05) is 0 Å². The van der Waals surface area contributed by atoms with E-state index < -0.39 is 21.5 Å². The van der Waals surface area contributed by atoms with Crippen molar-refractivity contribution in [2.75, 3.05) is 7.05 Å². The van der Waals surface area contributed by atoms with Crippen LogP contribution in [-0.4, -0.2) is 48.6 Å². The molecule has 0 aromatic heterocycles. The van der Waals surface area contributed by atoms with Crippen molar-refractivity contribution >= 4 is 15.9 Å². The van der Waals surface area contributed by atoms with Gasteiger partial charge in [0.05, 0.1) is 17.1 Å². The molecule has 10 heteroatoms. The lowest BCUT2D eigenvalue weighted by atomic mass is 9.85. The molecule has 2 heterocycles. The number of ether oxygens (including phenoxy) is 2. The number of fused-ring (bicyclic) bond motifs is 2. The molecule has 31 heavy (non-hydrogen) atoms. The third kappa shape index (κ3) is 4.03. The number of hydrogen-bond acceptors (Lipinski definition) is 6. The predicted octanol–water partition coefficient (Wildman–Crippen LogP) is 2.82. The molecule has 0 spiro atoms. The number of benzene rings is 2. The van der Waals surface area contributed by atoms with E-state index in [0.29, 0.717) is 11.5 Å². The Kier molecular flexibility index (Phi) is 5.73. The van der Waals surface area contributed by atoms with Crippen LogP contribution in [0.25, 0.3) is 0 Å². The highest BCUT2D eigenvalue weighted by molar-refractivity contribution is 7.89. The standard InChI is InChI=1S/C21H23FN2O6S/c1-24(21(20(25)23-26)12-17-6-7-18(13-21)30-17)31(27,28)19-10-8-16(9-11-19)29-15-4-2-14(22)3-5-15/h2-5,8-11,17-18,26H,6-7,12-13H2,1H3,(H,23,25). The van der Waals surface area contributed by atoms with E-state index in [9.17, 15) is 22.8 Å². The number of carbonyl (C=O) groups excluding carboxylic acids is 1. The van der Waals surface area contributed by atoms with Crippen molar-refractivity contribution in [2.45, 2.75) is 48.3 Å². The minimum Gasteiger partial charge on any atom is -0.457 e. The molecule has 2 aliphatic heterocycles. The van der Waals surface area contributed by atoms with E-state index >= 15 is 0 Å². The third-order valence-corrected chi connectivity index (χ3v) is 7.92. The van der Waals surface area contributed by atoms with Crippen LogP contribution in [0.1, 0.15) is 25.7 Å². The van der Waals surface area contributed by atoms with Gasteiger partial charge in [-0.25, -0.2) is 18.3 Å². The molecule has 2 aliphatic rings. The van der Waals surface area contributed by atoms with Gasteiger partial charge in [0.15, 0.2) is 0 Å². The number of amides is 1. The van der Waals surface area contributed by atoms with Crippen LogP contribution in [-0.2, 0) is 19.6 Å². The van der Waals surface area contributed by atoms with Crippen molar-refractivity contribution in [3.8, 4) is 11.5 Å². The highest BCUT2D eigenvalue weighted by atomic mass is 32.2. The van der Waals surface area contributed by atoms with Crippen LogP contribution in [0.2, 0.25) is 0 Å².